The van der Waals surface area contributed by atoms with Crippen LogP contribution in [-0.2, 0) is 6.42 Å². The van der Waals surface area contributed by atoms with Crippen LogP contribution in [0.2, 0.25) is 0 Å². The average molecular weight is 319 g/mol. The van der Waals surface area contributed by atoms with Gasteiger partial charge in [-0.25, -0.2) is 0 Å². The lowest BCUT2D eigenvalue weighted by Crippen LogP contribution is -1.86. The molecule has 2 aromatic rings. The number of nitrogens with zero attached hydrogens (tertiary/aromatic N) is 1. The van der Waals surface area contributed by atoms with E-state index in [0.717, 1.165) is 6.42 Å². The Balaban J connectivity index is 1.98. The number of rotatable bonds is 1. The molecule has 1 aliphatic rings. The fourth-order valence-electron chi connectivity index (χ4n) is 2.02. The van der Waals surface area contributed by atoms with Crippen molar-refractivity contribution < 1.29 is 0 Å². The summed E-state index contributed by atoms with van der Waals surface area (Å²) in [5, 5.41) is 0. The van der Waals surface area contributed by atoms with E-state index in [1.807, 2.05) is 12.4 Å². The molecule has 0 radical (unpaired) electrons. The van der Waals surface area contributed by atoms with Gasteiger partial charge in [0.1, 0.15) is 0 Å². The smallest absolute Gasteiger partial charge is 0.0309 e. The molecule has 0 saturated carbocycles. The first-order valence-corrected chi connectivity index (χ1v) is 6.30. The van der Waals surface area contributed by atoms with Crippen LogP contribution in [0.15, 0.2) is 42.7 Å². The zero-order chi connectivity index (χ0) is 11.0. The van der Waals surface area contributed by atoms with Crippen molar-refractivity contribution in [3.05, 3.63) is 63.0 Å². The maximum atomic E-state index is 4.16. The van der Waals surface area contributed by atoms with E-state index in [1.165, 1.54) is 25.8 Å². The molecule has 1 heterocycles. The number of fused-ring (bicyclic) bond motifs is 1. The molecular weight excluding hydrogens is 309 g/mol. The first-order chi connectivity index (χ1) is 7.83. The van der Waals surface area contributed by atoms with E-state index in [4.69, 9.17) is 0 Å². The summed E-state index contributed by atoms with van der Waals surface area (Å²) in [4.78, 5) is 4.16. The molecule has 78 valence electrons. The second kappa shape index (κ2) is 4.01. The molecule has 0 aliphatic heterocycles. The van der Waals surface area contributed by atoms with E-state index >= 15 is 0 Å². The lowest BCUT2D eigenvalue weighted by Gasteiger charge is -2.01. The van der Waals surface area contributed by atoms with E-state index in [2.05, 4.69) is 64.0 Å². The summed E-state index contributed by atoms with van der Waals surface area (Å²) >= 11 is 2.33. The van der Waals surface area contributed by atoms with Gasteiger partial charge in [-0.15, -0.1) is 0 Å². The standard InChI is InChI=1S/C14H10IN/c15-14-3-1-10(2-4-14)12-7-11-5-6-16-9-13(11)8-12/h1-7,9H,8H2. The Labute approximate surface area is 108 Å². The van der Waals surface area contributed by atoms with Gasteiger partial charge >= 0.3 is 0 Å². The highest BCUT2D eigenvalue weighted by atomic mass is 127. The van der Waals surface area contributed by atoms with E-state index in [0.29, 0.717) is 0 Å². The monoisotopic (exact) mass is 319 g/mol. The quantitative estimate of drug-likeness (QED) is 0.729. The van der Waals surface area contributed by atoms with Gasteiger partial charge < -0.3 is 0 Å². The van der Waals surface area contributed by atoms with Gasteiger partial charge in [-0.1, -0.05) is 18.2 Å². The molecule has 0 amide bonds. The predicted molar refractivity (Wildman–Crippen MR) is 75.0 cm³/mol. The maximum absolute atomic E-state index is 4.16. The zero-order valence-corrected chi connectivity index (χ0v) is 10.8. The van der Waals surface area contributed by atoms with E-state index in [1.54, 1.807) is 0 Å². The lowest BCUT2D eigenvalue weighted by molar-refractivity contribution is 1.22. The van der Waals surface area contributed by atoms with Crippen molar-refractivity contribution in [2.24, 2.45) is 0 Å². The first-order valence-electron chi connectivity index (χ1n) is 5.22. The Hall–Kier alpha value is -1.16. The highest BCUT2D eigenvalue weighted by Gasteiger charge is 2.13. The average Bonchev–Trinajstić information content (AvgIpc) is 2.73. The van der Waals surface area contributed by atoms with Crippen LogP contribution < -0.4 is 0 Å². The molecule has 1 aliphatic carbocycles. The minimum Gasteiger partial charge on any atom is -0.264 e. The first kappa shape index (κ1) is 10.0. The van der Waals surface area contributed by atoms with Crippen molar-refractivity contribution in [3.8, 4) is 0 Å². The fourth-order valence-corrected chi connectivity index (χ4v) is 2.38. The number of hydrogen-bond acceptors (Lipinski definition) is 1. The molecule has 0 saturated heterocycles. The number of hydrogen-bond donors (Lipinski definition) is 0. The number of allylic oxidation sites excluding steroid dienone is 1. The van der Waals surface area contributed by atoms with Crippen LogP contribution in [-0.4, -0.2) is 4.98 Å². The van der Waals surface area contributed by atoms with Gasteiger partial charge in [0.25, 0.3) is 0 Å². The predicted octanol–water partition coefficient (Wildman–Crippen LogP) is 3.78. The molecular formula is C14H10IN. The third-order valence-electron chi connectivity index (χ3n) is 2.87. The van der Waals surface area contributed by atoms with Crippen LogP contribution in [0, 0.1) is 3.57 Å². The largest absolute Gasteiger partial charge is 0.264 e. The van der Waals surface area contributed by atoms with Crippen LogP contribution in [0.25, 0.3) is 11.6 Å². The topological polar surface area (TPSA) is 12.9 Å². The van der Waals surface area contributed by atoms with Crippen molar-refractivity contribution in [1.29, 1.82) is 0 Å². The van der Waals surface area contributed by atoms with Crippen molar-refractivity contribution in [1.82, 2.24) is 4.98 Å². The minimum absolute atomic E-state index is 1.00. The Morgan fingerprint density at radius 1 is 1.06 bits per heavy atom. The van der Waals surface area contributed by atoms with Gasteiger partial charge in [-0.05, 0) is 63.1 Å². The van der Waals surface area contributed by atoms with Crippen LogP contribution in [0.5, 0.6) is 0 Å². The SMILES string of the molecule is Ic1ccc(C2=Cc3ccncc3C2)cc1. The Kier molecular flexibility index (Phi) is 2.52. The summed E-state index contributed by atoms with van der Waals surface area (Å²) in [6, 6.07) is 10.8. The molecule has 0 spiro atoms. The zero-order valence-electron chi connectivity index (χ0n) is 8.65. The van der Waals surface area contributed by atoms with Crippen molar-refractivity contribution >= 4 is 34.2 Å². The Morgan fingerprint density at radius 3 is 2.62 bits per heavy atom. The summed E-state index contributed by atoms with van der Waals surface area (Å²) in [6.07, 6.45) is 7.08. The van der Waals surface area contributed by atoms with Crippen LogP contribution in [0.4, 0.5) is 0 Å². The summed E-state index contributed by atoms with van der Waals surface area (Å²) < 4.78 is 1.28. The Bertz CT molecular complexity index is 555. The van der Waals surface area contributed by atoms with Crippen molar-refractivity contribution in [3.63, 3.8) is 0 Å². The van der Waals surface area contributed by atoms with Gasteiger partial charge in [-0.3, -0.25) is 4.98 Å². The minimum atomic E-state index is 1.00. The number of benzene rings is 1. The van der Waals surface area contributed by atoms with Crippen molar-refractivity contribution in [2.45, 2.75) is 6.42 Å². The van der Waals surface area contributed by atoms with Crippen molar-refractivity contribution in [2.75, 3.05) is 0 Å². The van der Waals surface area contributed by atoms with Crippen LogP contribution in [0.3, 0.4) is 0 Å². The fraction of sp³-hybridized carbons (Fsp3) is 0.0714. The van der Waals surface area contributed by atoms with Gasteiger partial charge in [0.15, 0.2) is 0 Å². The van der Waals surface area contributed by atoms with E-state index < -0.39 is 0 Å². The molecule has 0 atom stereocenters. The van der Waals surface area contributed by atoms with Gasteiger partial charge in [0.2, 0.25) is 0 Å². The van der Waals surface area contributed by atoms with Gasteiger partial charge in [0, 0.05) is 22.4 Å². The number of aromatic nitrogens is 1. The molecule has 16 heavy (non-hydrogen) atoms. The number of pyridine rings is 1. The van der Waals surface area contributed by atoms with Gasteiger partial charge in [0.05, 0.1) is 0 Å². The molecule has 0 bridgehead atoms. The molecule has 0 unspecified atom stereocenters. The molecule has 0 N–H and O–H groups in total. The summed E-state index contributed by atoms with van der Waals surface area (Å²) in [5.74, 6) is 0. The van der Waals surface area contributed by atoms with E-state index in [-0.39, 0.29) is 0 Å². The molecule has 1 aromatic carbocycles. The molecule has 1 aromatic heterocycles. The van der Waals surface area contributed by atoms with Crippen LogP contribution in [0.1, 0.15) is 16.7 Å². The normalized spacial score (nSPS) is 13.4. The number of halogens is 1. The molecule has 0 fully saturated rings. The molecule has 2 heteroatoms. The third kappa shape index (κ3) is 1.78. The van der Waals surface area contributed by atoms with Crippen LogP contribution >= 0.6 is 22.6 Å². The van der Waals surface area contributed by atoms with E-state index in [9.17, 15) is 0 Å². The summed E-state index contributed by atoms with van der Waals surface area (Å²) in [5.41, 5.74) is 5.34. The summed E-state index contributed by atoms with van der Waals surface area (Å²) in [7, 11) is 0. The highest BCUT2D eigenvalue weighted by molar-refractivity contribution is 14.1. The Morgan fingerprint density at radius 2 is 1.88 bits per heavy atom. The summed E-state index contributed by atoms with van der Waals surface area (Å²) in [6.45, 7) is 0. The second-order valence-corrected chi connectivity index (χ2v) is 5.17. The lowest BCUT2D eigenvalue weighted by atomic mass is 10.0. The second-order valence-electron chi connectivity index (χ2n) is 3.93. The molecule has 3 rings (SSSR count). The maximum Gasteiger partial charge on any atom is 0.0309 e. The molecule has 1 nitrogen and oxygen atoms in total. The highest BCUT2D eigenvalue weighted by Crippen LogP contribution is 2.30. The third-order valence-corrected chi connectivity index (χ3v) is 3.59. The van der Waals surface area contributed by atoms with Gasteiger partial charge in [-0.2, -0.15) is 0 Å².